The Morgan fingerprint density at radius 3 is 2.39 bits per heavy atom. The van der Waals surface area contributed by atoms with Gasteiger partial charge >= 0.3 is 0 Å². The summed E-state index contributed by atoms with van der Waals surface area (Å²) in [4.78, 5) is 15.8. The predicted octanol–water partition coefficient (Wildman–Crippen LogP) is 2.74. The Morgan fingerprint density at radius 2 is 1.67 bits per heavy atom. The second-order valence-electron chi connectivity index (χ2n) is 4.40. The van der Waals surface area contributed by atoms with E-state index in [1.165, 1.54) is 12.1 Å². The van der Waals surface area contributed by atoms with Crippen molar-refractivity contribution < 1.29 is 5.11 Å². The topological polar surface area (TPSA) is 50.2 Å². The van der Waals surface area contributed by atoms with Crippen LogP contribution in [0.4, 0.5) is 0 Å². The average Bonchev–Trinajstić information content (AvgIpc) is 2.48. The van der Waals surface area contributed by atoms with Gasteiger partial charge in [0.2, 0.25) is 5.43 Å². The second kappa shape index (κ2) is 4.61. The molecule has 0 bridgehead atoms. The minimum absolute atomic E-state index is 0.240. The van der Waals surface area contributed by atoms with Crippen molar-refractivity contribution in [2.75, 3.05) is 0 Å². The van der Waals surface area contributed by atoms with Crippen LogP contribution in [0.5, 0.6) is 5.75 Å². The molecule has 0 aliphatic carbocycles. The Morgan fingerprint density at radius 1 is 1.00 bits per heavy atom. The van der Waals surface area contributed by atoms with E-state index in [1.54, 1.807) is 12.1 Å². The predicted molar refractivity (Wildman–Crippen MR) is 71.8 cm³/mol. The van der Waals surface area contributed by atoms with Gasteiger partial charge in [-0.2, -0.15) is 0 Å². The van der Waals surface area contributed by atoms with Crippen LogP contribution in [-0.2, 0) is 0 Å². The lowest BCUT2D eigenvalue weighted by Crippen LogP contribution is -1.93. The summed E-state index contributed by atoms with van der Waals surface area (Å²) in [5.41, 5.74) is 4.50. The highest BCUT2D eigenvalue weighted by Gasteiger charge is 2.05. The molecule has 0 spiro atoms. The molecule has 3 nitrogen and oxygen atoms in total. The Labute approximate surface area is 106 Å². The fraction of sp³-hybridized carbons (Fsp3) is 0.200. The molecule has 1 heterocycles. The van der Waals surface area contributed by atoms with Crippen LogP contribution in [0.25, 0.3) is 11.1 Å². The van der Waals surface area contributed by atoms with Crippen molar-refractivity contribution in [2.45, 2.75) is 20.8 Å². The van der Waals surface area contributed by atoms with E-state index in [-0.39, 0.29) is 11.2 Å². The zero-order valence-electron chi connectivity index (χ0n) is 10.7. The normalized spacial score (nSPS) is 10.4. The number of pyridine rings is 1. The summed E-state index contributed by atoms with van der Waals surface area (Å²) >= 11 is 0. The molecular formula is C15H15NO2. The van der Waals surface area contributed by atoms with Gasteiger partial charge in [-0.25, -0.2) is 0 Å². The molecule has 0 saturated carbocycles. The van der Waals surface area contributed by atoms with Crippen LogP contribution >= 0.6 is 0 Å². The lowest BCUT2D eigenvalue weighted by Gasteiger charge is -2.07. The average molecular weight is 241 g/mol. The highest BCUT2D eigenvalue weighted by Crippen LogP contribution is 2.23. The van der Waals surface area contributed by atoms with Gasteiger partial charge in [0.1, 0.15) is 0 Å². The first kappa shape index (κ1) is 12.3. The van der Waals surface area contributed by atoms with Crippen molar-refractivity contribution in [1.29, 1.82) is 0 Å². The number of nitrogens with zero attached hydrogens (tertiary/aromatic N) is 1. The zero-order valence-corrected chi connectivity index (χ0v) is 10.7. The Bertz CT molecular complexity index is 663. The molecule has 92 valence electrons. The summed E-state index contributed by atoms with van der Waals surface area (Å²) in [6.45, 7) is 5.91. The van der Waals surface area contributed by atoms with Crippen molar-refractivity contribution in [2.24, 2.45) is 0 Å². The van der Waals surface area contributed by atoms with E-state index >= 15 is 0 Å². The summed E-state index contributed by atoms with van der Waals surface area (Å²) in [6.07, 6.45) is 0. The molecule has 0 aliphatic heterocycles. The van der Waals surface area contributed by atoms with Crippen LogP contribution in [0.2, 0.25) is 0 Å². The summed E-state index contributed by atoms with van der Waals surface area (Å²) < 4.78 is 0. The number of hydrogen-bond donors (Lipinski definition) is 1. The zero-order chi connectivity index (χ0) is 13.3. The molecule has 2 rings (SSSR count). The fourth-order valence-electron chi connectivity index (χ4n) is 1.85. The van der Waals surface area contributed by atoms with Crippen LogP contribution in [-0.4, -0.2) is 10.1 Å². The SMILES string of the molecule is Cc1cc(-c2ccc(O)c(=O)cc2)c(C)nc1C. The summed E-state index contributed by atoms with van der Waals surface area (Å²) in [7, 11) is 0. The molecule has 0 saturated heterocycles. The van der Waals surface area contributed by atoms with E-state index in [0.29, 0.717) is 0 Å². The van der Waals surface area contributed by atoms with Gasteiger partial charge in [-0.1, -0.05) is 12.1 Å². The molecule has 0 aliphatic rings. The van der Waals surface area contributed by atoms with Gasteiger partial charge < -0.3 is 5.11 Å². The molecular weight excluding hydrogens is 226 g/mol. The molecule has 0 unspecified atom stereocenters. The van der Waals surface area contributed by atoms with E-state index in [9.17, 15) is 9.90 Å². The third kappa shape index (κ3) is 2.25. The van der Waals surface area contributed by atoms with Gasteiger partial charge in [0.05, 0.1) is 0 Å². The largest absolute Gasteiger partial charge is 0.504 e. The Kier molecular flexibility index (Phi) is 3.15. The minimum Gasteiger partial charge on any atom is -0.504 e. The van der Waals surface area contributed by atoms with Crippen LogP contribution in [0.1, 0.15) is 17.0 Å². The summed E-state index contributed by atoms with van der Waals surface area (Å²) in [5, 5.41) is 9.39. The quantitative estimate of drug-likeness (QED) is 0.835. The van der Waals surface area contributed by atoms with Gasteiger partial charge in [0.25, 0.3) is 0 Å². The van der Waals surface area contributed by atoms with Crippen molar-refractivity contribution >= 4 is 0 Å². The molecule has 0 amide bonds. The molecule has 1 N–H and O–H groups in total. The maximum Gasteiger partial charge on any atom is 0.220 e. The van der Waals surface area contributed by atoms with Crippen LogP contribution in [0.15, 0.2) is 35.1 Å². The van der Waals surface area contributed by atoms with Crippen molar-refractivity contribution in [3.63, 3.8) is 0 Å². The van der Waals surface area contributed by atoms with Gasteiger partial charge in [-0.15, -0.1) is 0 Å². The number of aromatic nitrogens is 1. The number of aromatic hydroxyl groups is 1. The maximum atomic E-state index is 11.3. The lowest BCUT2D eigenvalue weighted by atomic mass is 10.0. The van der Waals surface area contributed by atoms with Crippen LogP contribution in [0.3, 0.4) is 0 Å². The minimum atomic E-state index is -0.379. The lowest BCUT2D eigenvalue weighted by molar-refractivity contribution is 0.471. The van der Waals surface area contributed by atoms with Crippen molar-refractivity contribution in [3.05, 3.63) is 57.5 Å². The molecule has 0 atom stereocenters. The molecule has 1 aromatic carbocycles. The molecule has 3 heteroatoms. The first-order valence-electron chi connectivity index (χ1n) is 5.77. The van der Waals surface area contributed by atoms with Gasteiger partial charge in [-0.3, -0.25) is 9.78 Å². The molecule has 18 heavy (non-hydrogen) atoms. The molecule has 0 radical (unpaired) electrons. The number of rotatable bonds is 1. The Balaban J connectivity index is 2.66. The van der Waals surface area contributed by atoms with Gasteiger partial charge in [0, 0.05) is 17.0 Å². The van der Waals surface area contributed by atoms with Gasteiger partial charge in [0.15, 0.2) is 5.75 Å². The monoisotopic (exact) mass is 241 g/mol. The molecule has 0 fully saturated rings. The first-order valence-corrected chi connectivity index (χ1v) is 5.77. The van der Waals surface area contributed by atoms with E-state index in [1.807, 2.05) is 20.8 Å². The molecule has 1 aromatic heterocycles. The van der Waals surface area contributed by atoms with Crippen molar-refractivity contribution in [1.82, 2.24) is 4.98 Å². The summed E-state index contributed by atoms with van der Waals surface area (Å²) in [5.74, 6) is -0.240. The van der Waals surface area contributed by atoms with E-state index in [0.717, 1.165) is 28.1 Å². The third-order valence-electron chi connectivity index (χ3n) is 3.06. The number of aryl methyl sites for hydroxylation is 3. The van der Waals surface area contributed by atoms with E-state index in [2.05, 4.69) is 11.1 Å². The standard InChI is InChI=1S/C15H15NO2/c1-9-8-13(11(3)16-10(9)2)12-4-6-14(17)15(18)7-5-12/h4-8H,1-3H3,(H,17,18). The second-order valence-corrected chi connectivity index (χ2v) is 4.40. The fourth-order valence-corrected chi connectivity index (χ4v) is 1.85. The summed E-state index contributed by atoms with van der Waals surface area (Å²) in [6, 6.07) is 8.29. The first-order chi connectivity index (χ1) is 8.49. The van der Waals surface area contributed by atoms with Gasteiger partial charge in [-0.05, 0) is 50.1 Å². The maximum absolute atomic E-state index is 11.3. The van der Waals surface area contributed by atoms with E-state index < -0.39 is 0 Å². The number of hydrogen-bond acceptors (Lipinski definition) is 3. The van der Waals surface area contributed by atoms with Crippen LogP contribution < -0.4 is 5.43 Å². The van der Waals surface area contributed by atoms with E-state index in [4.69, 9.17) is 0 Å². The third-order valence-corrected chi connectivity index (χ3v) is 3.06. The highest BCUT2D eigenvalue weighted by atomic mass is 16.3. The van der Waals surface area contributed by atoms with Crippen LogP contribution in [0, 0.1) is 20.8 Å². The van der Waals surface area contributed by atoms with Crippen molar-refractivity contribution in [3.8, 4) is 16.9 Å². The molecule has 2 aromatic rings. The highest BCUT2D eigenvalue weighted by molar-refractivity contribution is 5.66. The smallest absolute Gasteiger partial charge is 0.220 e. The Hall–Kier alpha value is -2.16.